The topological polar surface area (TPSA) is 97.1 Å². The summed E-state index contributed by atoms with van der Waals surface area (Å²) < 4.78 is 0. The smallest absolute Gasteiger partial charge is 0.252 e. The van der Waals surface area contributed by atoms with Crippen LogP contribution in [-0.4, -0.2) is 23.3 Å². The zero-order valence-corrected chi connectivity index (χ0v) is 14.1. The summed E-state index contributed by atoms with van der Waals surface area (Å²) in [4.78, 5) is 27.4. The molecule has 0 bridgehead atoms. The van der Waals surface area contributed by atoms with Crippen LogP contribution in [0.1, 0.15) is 29.4 Å². The van der Waals surface area contributed by atoms with Crippen LogP contribution in [0.15, 0.2) is 23.6 Å². The molecule has 2 rings (SSSR count). The van der Waals surface area contributed by atoms with Crippen LogP contribution in [0.25, 0.3) is 0 Å². The summed E-state index contributed by atoms with van der Waals surface area (Å²) in [5, 5.41) is 8.22. The minimum absolute atomic E-state index is 0.207. The van der Waals surface area contributed by atoms with Crippen LogP contribution >= 0.6 is 22.9 Å². The number of halogens is 1. The Morgan fingerprint density at radius 2 is 2.17 bits per heavy atom. The average molecular weight is 353 g/mol. The predicted molar refractivity (Wildman–Crippen MR) is 92.9 cm³/mol. The highest BCUT2D eigenvalue weighted by atomic mass is 35.5. The second-order valence-corrected chi connectivity index (χ2v) is 6.21. The van der Waals surface area contributed by atoms with Crippen LogP contribution in [0.4, 0.5) is 10.8 Å². The van der Waals surface area contributed by atoms with Crippen molar-refractivity contribution in [1.82, 2.24) is 10.3 Å². The second kappa shape index (κ2) is 7.94. The summed E-state index contributed by atoms with van der Waals surface area (Å²) in [5.41, 5.74) is 7.35. The Balaban J connectivity index is 1.88. The lowest BCUT2D eigenvalue weighted by Crippen LogP contribution is -2.25. The highest BCUT2D eigenvalue weighted by Crippen LogP contribution is 2.20. The van der Waals surface area contributed by atoms with E-state index in [0.29, 0.717) is 27.9 Å². The van der Waals surface area contributed by atoms with Gasteiger partial charge in [0.25, 0.3) is 5.91 Å². The SMILES string of the molecule is CC(=O)Nc1ccc(Cl)c(C(=O)NCCCc2csc(N)n2)c1. The van der Waals surface area contributed by atoms with Crippen molar-refractivity contribution in [2.24, 2.45) is 0 Å². The van der Waals surface area contributed by atoms with E-state index in [0.717, 1.165) is 18.5 Å². The van der Waals surface area contributed by atoms with Crippen molar-refractivity contribution < 1.29 is 9.59 Å². The van der Waals surface area contributed by atoms with Crippen molar-refractivity contribution in [3.8, 4) is 0 Å². The molecular formula is C15H17ClN4O2S. The number of benzene rings is 1. The Kier molecular flexibility index (Phi) is 5.95. The molecule has 0 aliphatic carbocycles. The van der Waals surface area contributed by atoms with E-state index < -0.39 is 0 Å². The molecule has 23 heavy (non-hydrogen) atoms. The van der Waals surface area contributed by atoms with Crippen LogP contribution < -0.4 is 16.4 Å². The molecule has 0 aliphatic heterocycles. The Hall–Kier alpha value is -2.12. The van der Waals surface area contributed by atoms with Gasteiger partial charge in [-0.1, -0.05) is 11.6 Å². The molecule has 0 fully saturated rings. The normalized spacial score (nSPS) is 10.3. The first-order valence-electron chi connectivity index (χ1n) is 7.01. The van der Waals surface area contributed by atoms with Crippen LogP contribution in [0.3, 0.4) is 0 Å². The van der Waals surface area contributed by atoms with Crippen LogP contribution in [0, 0.1) is 0 Å². The minimum Gasteiger partial charge on any atom is -0.375 e. The van der Waals surface area contributed by atoms with Gasteiger partial charge in [-0.05, 0) is 31.0 Å². The highest BCUT2D eigenvalue weighted by molar-refractivity contribution is 7.13. The fraction of sp³-hybridized carbons (Fsp3) is 0.267. The van der Waals surface area contributed by atoms with Crippen LogP contribution in [0.5, 0.6) is 0 Å². The summed E-state index contributed by atoms with van der Waals surface area (Å²) in [6, 6.07) is 4.78. The van der Waals surface area contributed by atoms with Crippen molar-refractivity contribution in [3.05, 3.63) is 39.9 Å². The highest BCUT2D eigenvalue weighted by Gasteiger charge is 2.11. The van der Waals surface area contributed by atoms with Gasteiger partial charge in [-0.3, -0.25) is 9.59 Å². The molecule has 1 aromatic carbocycles. The largest absolute Gasteiger partial charge is 0.375 e. The number of thiazole rings is 1. The number of hydrogen-bond acceptors (Lipinski definition) is 5. The molecule has 122 valence electrons. The van der Waals surface area contributed by atoms with E-state index in [1.165, 1.54) is 18.3 Å². The van der Waals surface area contributed by atoms with Gasteiger partial charge in [-0.2, -0.15) is 0 Å². The molecule has 0 unspecified atom stereocenters. The number of carbonyl (C=O) groups is 2. The molecule has 1 aromatic heterocycles. The third-order valence-electron chi connectivity index (χ3n) is 3.00. The Morgan fingerprint density at radius 1 is 1.39 bits per heavy atom. The van der Waals surface area contributed by atoms with Crippen molar-refractivity contribution in [2.75, 3.05) is 17.6 Å². The molecule has 0 radical (unpaired) electrons. The average Bonchev–Trinajstić information content (AvgIpc) is 2.90. The molecule has 0 saturated heterocycles. The van der Waals surface area contributed by atoms with Crippen molar-refractivity contribution in [3.63, 3.8) is 0 Å². The van der Waals surface area contributed by atoms with Crippen molar-refractivity contribution in [2.45, 2.75) is 19.8 Å². The summed E-state index contributed by atoms with van der Waals surface area (Å²) >= 11 is 7.44. The maximum atomic E-state index is 12.2. The molecule has 0 aliphatic rings. The van der Waals surface area contributed by atoms with Gasteiger partial charge in [0.05, 0.1) is 16.3 Å². The first-order valence-corrected chi connectivity index (χ1v) is 8.26. The molecule has 4 N–H and O–H groups in total. The molecule has 6 nitrogen and oxygen atoms in total. The van der Waals surface area contributed by atoms with Crippen molar-refractivity contribution >= 4 is 45.6 Å². The van der Waals surface area contributed by atoms with E-state index in [-0.39, 0.29) is 11.8 Å². The van der Waals surface area contributed by atoms with E-state index >= 15 is 0 Å². The number of nitrogens with zero attached hydrogens (tertiary/aromatic N) is 1. The number of aromatic nitrogens is 1. The molecule has 8 heteroatoms. The number of nitrogen functional groups attached to an aromatic ring is 1. The predicted octanol–water partition coefficient (Wildman–Crippen LogP) is 2.70. The summed E-state index contributed by atoms with van der Waals surface area (Å²) in [6.07, 6.45) is 1.49. The maximum Gasteiger partial charge on any atom is 0.252 e. The fourth-order valence-electron chi connectivity index (χ4n) is 1.98. The molecule has 1 heterocycles. The first-order chi connectivity index (χ1) is 11.0. The fourth-order valence-corrected chi connectivity index (χ4v) is 2.79. The number of amides is 2. The summed E-state index contributed by atoms with van der Waals surface area (Å²) in [6.45, 7) is 1.90. The van der Waals surface area contributed by atoms with Crippen LogP contribution in [-0.2, 0) is 11.2 Å². The Labute approximate surface area is 143 Å². The minimum atomic E-state index is -0.278. The number of hydrogen-bond donors (Lipinski definition) is 3. The van der Waals surface area contributed by atoms with Gasteiger partial charge >= 0.3 is 0 Å². The van der Waals surface area contributed by atoms with Crippen molar-refractivity contribution in [1.29, 1.82) is 0 Å². The lowest BCUT2D eigenvalue weighted by molar-refractivity contribution is -0.114. The van der Waals surface area contributed by atoms with E-state index in [1.807, 2.05) is 5.38 Å². The zero-order chi connectivity index (χ0) is 16.8. The van der Waals surface area contributed by atoms with Gasteiger partial charge in [-0.25, -0.2) is 4.98 Å². The number of anilines is 2. The quantitative estimate of drug-likeness (QED) is 0.696. The van der Waals surface area contributed by atoms with Gasteiger partial charge < -0.3 is 16.4 Å². The maximum absolute atomic E-state index is 12.2. The standard InChI is InChI=1S/C15H17ClN4O2S/c1-9(21)19-10-4-5-13(16)12(7-10)14(22)18-6-2-3-11-8-23-15(17)20-11/h4-5,7-8H,2-3,6H2,1H3,(H2,17,20)(H,18,22)(H,19,21). The van der Waals surface area contributed by atoms with Crippen LogP contribution in [0.2, 0.25) is 5.02 Å². The Morgan fingerprint density at radius 3 is 2.83 bits per heavy atom. The number of rotatable bonds is 6. The first kappa shape index (κ1) is 17.2. The lowest BCUT2D eigenvalue weighted by atomic mass is 10.1. The van der Waals surface area contributed by atoms with Gasteiger partial charge in [0.15, 0.2) is 5.13 Å². The zero-order valence-electron chi connectivity index (χ0n) is 12.6. The number of carbonyl (C=O) groups excluding carboxylic acids is 2. The monoisotopic (exact) mass is 352 g/mol. The van der Waals surface area contributed by atoms with E-state index in [2.05, 4.69) is 15.6 Å². The molecule has 0 spiro atoms. The number of nitrogens with one attached hydrogen (secondary N) is 2. The second-order valence-electron chi connectivity index (χ2n) is 4.91. The third-order valence-corrected chi connectivity index (χ3v) is 4.05. The van der Waals surface area contributed by atoms with E-state index in [9.17, 15) is 9.59 Å². The van der Waals surface area contributed by atoms with Gasteiger partial charge in [0.1, 0.15) is 0 Å². The van der Waals surface area contributed by atoms with Gasteiger partial charge in [0.2, 0.25) is 5.91 Å². The number of aryl methyl sites for hydroxylation is 1. The molecule has 0 saturated carbocycles. The third kappa shape index (κ3) is 5.22. The summed E-state index contributed by atoms with van der Waals surface area (Å²) in [5.74, 6) is -0.485. The Bertz CT molecular complexity index is 717. The molecular weight excluding hydrogens is 336 g/mol. The molecule has 0 atom stereocenters. The molecule has 2 aromatic rings. The van der Waals surface area contributed by atoms with E-state index in [1.54, 1.807) is 18.2 Å². The van der Waals surface area contributed by atoms with E-state index in [4.69, 9.17) is 17.3 Å². The van der Waals surface area contributed by atoms with Gasteiger partial charge in [0, 0.05) is 24.5 Å². The lowest BCUT2D eigenvalue weighted by Gasteiger charge is -2.09. The molecule has 2 amide bonds. The summed E-state index contributed by atoms with van der Waals surface area (Å²) in [7, 11) is 0. The number of nitrogens with two attached hydrogens (primary N) is 1. The van der Waals surface area contributed by atoms with Gasteiger partial charge in [-0.15, -0.1) is 11.3 Å².